The van der Waals surface area contributed by atoms with Crippen LogP contribution >= 0.6 is 11.3 Å². The lowest BCUT2D eigenvalue weighted by molar-refractivity contribution is 0.166. The first-order chi connectivity index (χ1) is 8.47. The van der Waals surface area contributed by atoms with E-state index in [4.69, 9.17) is 0 Å². The van der Waals surface area contributed by atoms with E-state index in [1.54, 1.807) is 6.07 Å². The molecule has 1 fully saturated rings. The summed E-state index contributed by atoms with van der Waals surface area (Å²) in [6.07, 6.45) is 3.44. The van der Waals surface area contributed by atoms with E-state index < -0.39 is 10.0 Å². The smallest absolute Gasteiger partial charge is 0.241 e. The van der Waals surface area contributed by atoms with Gasteiger partial charge in [-0.1, -0.05) is 13.3 Å². The average Bonchev–Trinajstić information content (AvgIpc) is 2.73. The first-order valence-electron chi connectivity index (χ1n) is 6.17. The van der Waals surface area contributed by atoms with Crippen molar-refractivity contribution in [3.8, 4) is 0 Å². The molecular formula is C12H20N2O2S2. The van der Waals surface area contributed by atoms with Crippen molar-refractivity contribution in [3.63, 3.8) is 0 Å². The predicted molar refractivity (Wildman–Crippen MR) is 74.2 cm³/mol. The first kappa shape index (κ1) is 14.0. The van der Waals surface area contributed by atoms with Gasteiger partial charge in [-0.15, -0.1) is 11.3 Å². The first-order valence-corrected chi connectivity index (χ1v) is 8.54. The lowest BCUT2D eigenvalue weighted by Gasteiger charge is -2.38. The Labute approximate surface area is 113 Å². The van der Waals surface area contributed by atoms with Crippen LogP contribution in [-0.4, -0.2) is 22.0 Å². The highest BCUT2D eigenvalue weighted by molar-refractivity contribution is 7.89. The third-order valence-corrected chi connectivity index (χ3v) is 6.12. The van der Waals surface area contributed by atoms with Crippen LogP contribution in [0.1, 0.15) is 31.1 Å². The Bertz CT molecular complexity index is 504. The van der Waals surface area contributed by atoms with Gasteiger partial charge in [-0.05, 0) is 36.8 Å². The van der Waals surface area contributed by atoms with Crippen molar-refractivity contribution >= 4 is 21.4 Å². The predicted octanol–water partition coefficient (Wildman–Crippen LogP) is 1.94. The van der Waals surface area contributed by atoms with E-state index >= 15 is 0 Å². The second kappa shape index (κ2) is 5.28. The van der Waals surface area contributed by atoms with Crippen LogP contribution in [0.4, 0.5) is 0 Å². The molecule has 0 aromatic carbocycles. The molecule has 0 amide bonds. The number of hydrogen-bond acceptors (Lipinski definition) is 4. The molecule has 0 saturated heterocycles. The summed E-state index contributed by atoms with van der Waals surface area (Å²) in [5.41, 5.74) is 0.159. The van der Waals surface area contributed by atoms with Gasteiger partial charge in [0.2, 0.25) is 10.0 Å². The largest absolute Gasteiger partial charge is 0.315 e. The summed E-state index contributed by atoms with van der Waals surface area (Å²) in [7, 11) is -1.54. The van der Waals surface area contributed by atoms with Gasteiger partial charge in [0.25, 0.3) is 0 Å². The van der Waals surface area contributed by atoms with E-state index in [1.807, 2.05) is 12.4 Å². The Hall–Kier alpha value is -0.430. The van der Waals surface area contributed by atoms with E-state index in [-0.39, 0.29) is 5.41 Å². The highest BCUT2D eigenvalue weighted by Crippen LogP contribution is 2.39. The number of rotatable bonds is 6. The Balaban J connectivity index is 2.07. The molecule has 102 valence electrons. The van der Waals surface area contributed by atoms with Crippen molar-refractivity contribution < 1.29 is 8.42 Å². The maximum atomic E-state index is 12.2. The minimum Gasteiger partial charge on any atom is -0.315 e. The molecule has 4 nitrogen and oxygen atoms in total. The van der Waals surface area contributed by atoms with Crippen LogP contribution in [0.2, 0.25) is 0 Å². The summed E-state index contributed by atoms with van der Waals surface area (Å²) in [5.74, 6) is 0. The standard InChI is InChI=1S/C12H20N2O2S2/c1-12(5-3-6-12)9-14-18(15,16)11-4-7-17-10(11)8-13-2/h4,7,13-14H,3,5-6,8-9H2,1-2H3. The SMILES string of the molecule is CNCc1sccc1S(=O)(=O)NCC1(C)CCC1. The zero-order valence-electron chi connectivity index (χ0n) is 10.8. The molecule has 0 radical (unpaired) electrons. The fraction of sp³-hybridized carbons (Fsp3) is 0.667. The normalized spacial score (nSPS) is 18.6. The van der Waals surface area contributed by atoms with Gasteiger partial charge < -0.3 is 5.32 Å². The third kappa shape index (κ3) is 2.93. The van der Waals surface area contributed by atoms with E-state index in [0.717, 1.165) is 17.7 Å². The van der Waals surface area contributed by atoms with Gasteiger partial charge >= 0.3 is 0 Å². The second-order valence-electron chi connectivity index (χ2n) is 5.23. The molecule has 1 aliphatic rings. The Morgan fingerprint density at radius 3 is 2.72 bits per heavy atom. The van der Waals surface area contributed by atoms with Gasteiger partial charge in [0, 0.05) is 18.0 Å². The van der Waals surface area contributed by atoms with Crippen LogP contribution in [0.5, 0.6) is 0 Å². The summed E-state index contributed by atoms with van der Waals surface area (Å²) in [4.78, 5) is 1.29. The van der Waals surface area contributed by atoms with Crippen molar-refractivity contribution in [2.24, 2.45) is 5.41 Å². The maximum absolute atomic E-state index is 12.2. The Morgan fingerprint density at radius 2 is 2.17 bits per heavy atom. The minimum absolute atomic E-state index is 0.159. The van der Waals surface area contributed by atoms with E-state index in [2.05, 4.69) is 17.0 Å². The number of nitrogens with one attached hydrogen (secondary N) is 2. The molecule has 0 unspecified atom stereocenters. The lowest BCUT2D eigenvalue weighted by atomic mass is 9.71. The van der Waals surface area contributed by atoms with Crippen LogP contribution < -0.4 is 10.0 Å². The van der Waals surface area contributed by atoms with Gasteiger partial charge in [-0.2, -0.15) is 0 Å². The number of sulfonamides is 1. The Morgan fingerprint density at radius 1 is 1.44 bits per heavy atom. The van der Waals surface area contributed by atoms with Crippen LogP contribution in [0.15, 0.2) is 16.3 Å². The second-order valence-corrected chi connectivity index (χ2v) is 7.96. The molecule has 1 aromatic heterocycles. The summed E-state index contributed by atoms with van der Waals surface area (Å²) in [5, 5.41) is 4.82. The molecule has 1 saturated carbocycles. The summed E-state index contributed by atoms with van der Waals surface area (Å²) < 4.78 is 27.2. The molecule has 1 aliphatic carbocycles. The molecule has 1 heterocycles. The zero-order chi connectivity index (χ0) is 13.2. The van der Waals surface area contributed by atoms with Crippen LogP contribution in [-0.2, 0) is 16.6 Å². The molecule has 0 atom stereocenters. The minimum atomic E-state index is -3.36. The fourth-order valence-electron chi connectivity index (χ4n) is 2.16. The average molecular weight is 288 g/mol. The van der Waals surface area contributed by atoms with Gasteiger partial charge in [-0.25, -0.2) is 13.1 Å². The van der Waals surface area contributed by atoms with Crippen molar-refractivity contribution in [1.29, 1.82) is 0 Å². The van der Waals surface area contributed by atoms with Crippen LogP contribution in [0, 0.1) is 5.41 Å². The van der Waals surface area contributed by atoms with Crippen molar-refractivity contribution in [2.75, 3.05) is 13.6 Å². The molecule has 0 bridgehead atoms. The topological polar surface area (TPSA) is 58.2 Å². The summed E-state index contributed by atoms with van der Waals surface area (Å²) >= 11 is 1.47. The molecule has 2 rings (SSSR count). The van der Waals surface area contributed by atoms with E-state index in [1.165, 1.54) is 17.8 Å². The van der Waals surface area contributed by atoms with Gasteiger partial charge in [0.05, 0.1) is 4.90 Å². The Kier molecular flexibility index (Phi) is 4.11. The number of hydrogen-bond donors (Lipinski definition) is 2. The van der Waals surface area contributed by atoms with E-state index in [0.29, 0.717) is 18.0 Å². The van der Waals surface area contributed by atoms with Gasteiger partial charge in [0.15, 0.2) is 0 Å². The van der Waals surface area contributed by atoms with Crippen molar-refractivity contribution in [1.82, 2.24) is 10.0 Å². The number of thiophene rings is 1. The summed E-state index contributed by atoms with van der Waals surface area (Å²) in [6, 6.07) is 1.68. The highest BCUT2D eigenvalue weighted by atomic mass is 32.2. The van der Waals surface area contributed by atoms with Crippen molar-refractivity contribution in [2.45, 2.75) is 37.6 Å². The van der Waals surface area contributed by atoms with Crippen LogP contribution in [0.25, 0.3) is 0 Å². The zero-order valence-corrected chi connectivity index (χ0v) is 12.5. The molecule has 18 heavy (non-hydrogen) atoms. The fourth-order valence-corrected chi connectivity index (χ4v) is 4.81. The third-order valence-electron chi connectivity index (χ3n) is 3.58. The summed E-state index contributed by atoms with van der Waals surface area (Å²) in [6.45, 7) is 3.27. The molecule has 6 heteroatoms. The lowest BCUT2D eigenvalue weighted by Crippen LogP contribution is -2.40. The molecular weight excluding hydrogens is 268 g/mol. The maximum Gasteiger partial charge on any atom is 0.241 e. The van der Waals surface area contributed by atoms with E-state index in [9.17, 15) is 8.42 Å². The highest BCUT2D eigenvalue weighted by Gasteiger charge is 2.33. The monoisotopic (exact) mass is 288 g/mol. The quantitative estimate of drug-likeness (QED) is 0.841. The molecule has 0 aliphatic heterocycles. The molecule has 1 aromatic rings. The van der Waals surface area contributed by atoms with Crippen LogP contribution in [0.3, 0.4) is 0 Å². The van der Waals surface area contributed by atoms with Crippen molar-refractivity contribution in [3.05, 3.63) is 16.3 Å². The van der Waals surface area contributed by atoms with Gasteiger partial charge in [-0.3, -0.25) is 0 Å². The van der Waals surface area contributed by atoms with Gasteiger partial charge in [0.1, 0.15) is 0 Å². The molecule has 2 N–H and O–H groups in total. The molecule has 0 spiro atoms.